The summed E-state index contributed by atoms with van der Waals surface area (Å²) >= 11 is 0. The molecule has 12 heavy (non-hydrogen) atoms. The SMILES string of the molecule is O=CC1COCCN1OC(=O)O. The molecule has 1 rings (SSSR count). The highest BCUT2D eigenvalue weighted by molar-refractivity contribution is 5.60. The van der Waals surface area contributed by atoms with Gasteiger partial charge in [0.15, 0.2) is 0 Å². The van der Waals surface area contributed by atoms with E-state index in [0.717, 1.165) is 5.06 Å². The molecule has 0 radical (unpaired) electrons. The Morgan fingerprint density at radius 1 is 1.75 bits per heavy atom. The van der Waals surface area contributed by atoms with Crippen LogP contribution in [0.2, 0.25) is 0 Å². The molecule has 0 aliphatic carbocycles. The number of nitrogens with zero attached hydrogens (tertiary/aromatic N) is 1. The summed E-state index contributed by atoms with van der Waals surface area (Å²) in [6, 6.07) is -0.616. The third-order valence-corrected chi connectivity index (χ3v) is 1.47. The van der Waals surface area contributed by atoms with Crippen LogP contribution < -0.4 is 0 Å². The number of hydrogen-bond donors (Lipinski definition) is 1. The summed E-state index contributed by atoms with van der Waals surface area (Å²) in [7, 11) is 0. The van der Waals surface area contributed by atoms with Gasteiger partial charge >= 0.3 is 6.16 Å². The Kier molecular flexibility index (Phi) is 3.01. The second-order valence-electron chi connectivity index (χ2n) is 2.28. The second kappa shape index (κ2) is 4.03. The lowest BCUT2D eigenvalue weighted by molar-refractivity contribution is -0.188. The van der Waals surface area contributed by atoms with Crippen molar-refractivity contribution in [3.63, 3.8) is 0 Å². The van der Waals surface area contributed by atoms with Crippen LogP contribution in [0.4, 0.5) is 4.79 Å². The molecule has 0 spiro atoms. The van der Waals surface area contributed by atoms with Gasteiger partial charge in [0.1, 0.15) is 12.3 Å². The minimum Gasteiger partial charge on any atom is -0.448 e. The van der Waals surface area contributed by atoms with Gasteiger partial charge in [-0.15, -0.1) is 5.06 Å². The van der Waals surface area contributed by atoms with Gasteiger partial charge in [-0.1, -0.05) is 0 Å². The Balaban J connectivity index is 2.46. The Labute approximate surface area is 68.6 Å². The highest BCUT2D eigenvalue weighted by Crippen LogP contribution is 2.04. The number of rotatable bonds is 2. The van der Waals surface area contributed by atoms with Crippen molar-refractivity contribution in [3.8, 4) is 0 Å². The zero-order valence-corrected chi connectivity index (χ0v) is 6.30. The van der Waals surface area contributed by atoms with Crippen LogP contribution in [0.15, 0.2) is 0 Å². The average Bonchev–Trinajstić information content (AvgIpc) is 2.04. The molecule has 1 heterocycles. The van der Waals surface area contributed by atoms with Crippen LogP contribution in [0.3, 0.4) is 0 Å². The molecule has 0 amide bonds. The third kappa shape index (κ3) is 2.18. The lowest BCUT2D eigenvalue weighted by Gasteiger charge is -2.28. The Bertz CT molecular complexity index is 183. The van der Waals surface area contributed by atoms with E-state index in [-0.39, 0.29) is 13.2 Å². The molecule has 1 N–H and O–H groups in total. The first-order valence-electron chi connectivity index (χ1n) is 3.44. The maximum atomic E-state index is 10.4. The Morgan fingerprint density at radius 3 is 3.08 bits per heavy atom. The van der Waals surface area contributed by atoms with Gasteiger partial charge in [0, 0.05) is 0 Å². The summed E-state index contributed by atoms with van der Waals surface area (Å²) in [6.07, 6.45) is -0.814. The predicted octanol–water partition coefficient (Wildman–Crippen LogP) is -0.504. The van der Waals surface area contributed by atoms with Gasteiger partial charge in [-0.3, -0.25) is 0 Å². The van der Waals surface area contributed by atoms with Crippen LogP contribution in [-0.4, -0.2) is 48.4 Å². The molecule has 0 aromatic rings. The molecule has 1 aliphatic rings. The van der Waals surface area contributed by atoms with Gasteiger partial charge in [0.2, 0.25) is 0 Å². The van der Waals surface area contributed by atoms with E-state index in [4.69, 9.17) is 9.84 Å². The van der Waals surface area contributed by atoms with E-state index in [1.807, 2.05) is 0 Å². The monoisotopic (exact) mass is 175 g/mol. The summed E-state index contributed by atoms with van der Waals surface area (Å²) < 4.78 is 4.94. The standard InChI is InChI=1S/C6H9NO5/c8-3-5-4-11-2-1-7(5)12-6(9)10/h3,5H,1-2,4H2,(H,9,10). The number of morpholine rings is 1. The van der Waals surface area contributed by atoms with E-state index in [1.165, 1.54) is 0 Å². The molecule has 1 unspecified atom stereocenters. The fraction of sp³-hybridized carbons (Fsp3) is 0.667. The topological polar surface area (TPSA) is 76.1 Å². The zero-order valence-electron chi connectivity index (χ0n) is 6.30. The van der Waals surface area contributed by atoms with Crippen LogP contribution >= 0.6 is 0 Å². The molecule has 0 aromatic heterocycles. The van der Waals surface area contributed by atoms with Crippen molar-refractivity contribution in [1.29, 1.82) is 0 Å². The van der Waals surface area contributed by atoms with Crippen molar-refractivity contribution < 1.29 is 24.3 Å². The van der Waals surface area contributed by atoms with Crippen LogP contribution in [0.1, 0.15) is 0 Å². The number of ether oxygens (including phenoxy) is 1. The molecule has 6 heteroatoms. The number of hydroxylamine groups is 2. The molecule has 0 aromatic carbocycles. The lowest BCUT2D eigenvalue weighted by Crippen LogP contribution is -2.47. The van der Waals surface area contributed by atoms with Gasteiger partial charge in [-0.05, 0) is 0 Å². The minimum atomic E-state index is -1.41. The summed E-state index contributed by atoms with van der Waals surface area (Å²) in [4.78, 5) is 24.8. The molecule has 1 atom stereocenters. The number of carboxylic acid groups (broad SMARTS) is 1. The normalized spacial score (nSPS) is 24.8. The smallest absolute Gasteiger partial charge is 0.448 e. The van der Waals surface area contributed by atoms with Gasteiger partial charge in [-0.2, -0.15) is 0 Å². The van der Waals surface area contributed by atoms with Gasteiger partial charge in [-0.25, -0.2) is 4.79 Å². The van der Waals surface area contributed by atoms with E-state index in [0.29, 0.717) is 12.9 Å². The quantitative estimate of drug-likeness (QED) is 0.570. The van der Waals surface area contributed by atoms with E-state index in [9.17, 15) is 9.59 Å². The van der Waals surface area contributed by atoms with Crippen molar-refractivity contribution in [2.24, 2.45) is 0 Å². The maximum Gasteiger partial charge on any atom is 0.525 e. The molecule has 1 saturated heterocycles. The largest absolute Gasteiger partial charge is 0.525 e. The van der Waals surface area contributed by atoms with Crippen molar-refractivity contribution in [3.05, 3.63) is 0 Å². The van der Waals surface area contributed by atoms with Crippen molar-refractivity contribution in [1.82, 2.24) is 5.06 Å². The summed E-state index contributed by atoms with van der Waals surface area (Å²) in [6.45, 7) is 0.837. The minimum absolute atomic E-state index is 0.177. The van der Waals surface area contributed by atoms with Gasteiger partial charge < -0.3 is 19.5 Å². The predicted molar refractivity (Wildman–Crippen MR) is 36.5 cm³/mol. The molecule has 0 saturated carbocycles. The Morgan fingerprint density at radius 2 is 2.50 bits per heavy atom. The van der Waals surface area contributed by atoms with E-state index in [2.05, 4.69) is 4.84 Å². The fourth-order valence-corrected chi connectivity index (χ4v) is 0.928. The highest BCUT2D eigenvalue weighted by atomic mass is 16.8. The molecule has 1 fully saturated rings. The molecule has 6 nitrogen and oxygen atoms in total. The van der Waals surface area contributed by atoms with E-state index < -0.39 is 12.2 Å². The van der Waals surface area contributed by atoms with E-state index in [1.54, 1.807) is 0 Å². The van der Waals surface area contributed by atoms with Crippen molar-refractivity contribution in [2.45, 2.75) is 6.04 Å². The molecule has 68 valence electrons. The number of aldehydes is 1. The molecule has 1 aliphatic heterocycles. The van der Waals surface area contributed by atoms with Gasteiger partial charge in [0.05, 0.1) is 19.8 Å². The second-order valence-corrected chi connectivity index (χ2v) is 2.28. The first-order valence-corrected chi connectivity index (χ1v) is 3.44. The van der Waals surface area contributed by atoms with Gasteiger partial charge in [0.25, 0.3) is 0 Å². The molecule has 0 bridgehead atoms. The van der Waals surface area contributed by atoms with Crippen LogP contribution in [-0.2, 0) is 14.4 Å². The van der Waals surface area contributed by atoms with Crippen LogP contribution in [0, 0.1) is 0 Å². The molecular formula is C6H9NO5. The van der Waals surface area contributed by atoms with Crippen LogP contribution in [0.25, 0.3) is 0 Å². The number of carbonyl (C=O) groups is 2. The summed E-state index contributed by atoms with van der Waals surface area (Å²) in [5, 5.41) is 9.35. The third-order valence-electron chi connectivity index (χ3n) is 1.47. The number of carbonyl (C=O) groups excluding carboxylic acids is 1. The Hall–Kier alpha value is -1.14. The first-order chi connectivity index (χ1) is 5.74. The summed E-state index contributed by atoms with van der Waals surface area (Å²) in [5.74, 6) is 0. The van der Waals surface area contributed by atoms with Crippen molar-refractivity contribution in [2.75, 3.05) is 19.8 Å². The zero-order chi connectivity index (χ0) is 8.97. The highest BCUT2D eigenvalue weighted by Gasteiger charge is 2.25. The number of hydrogen-bond acceptors (Lipinski definition) is 5. The maximum absolute atomic E-state index is 10.4. The summed E-state index contributed by atoms with van der Waals surface area (Å²) in [5.41, 5.74) is 0. The van der Waals surface area contributed by atoms with E-state index >= 15 is 0 Å². The molecular weight excluding hydrogens is 166 g/mol. The van der Waals surface area contributed by atoms with Crippen molar-refractivity contribution >= 4 is 12.4 Å². The fourth-order valence-electron chi connectivity index (χ4n) is 0.928. The first kappa shape index (κ1) is 8.95. The average molecular weight is 175 g/mol. The lowest BCUT2D eigenvalue weighted by atomic mass is 10.3. The van der Waals surface area contributed by atoms with Crippen LogP contribution in [0.5, 0.6) is 0 Å².